The third kappa shape index (κ3) is 4.84. The van der Waals surface area contributed by atoms with Crippen LogP contribution in [0.1, 0.15) is 19.3 Å². The third-order valence-corrected chi connectivity index (χ3v) is 5.30. The molecule has 2 saturated heterocycles. The minimum Gasteiger partial charge on any atom is -0.378 e. The summed E-state index contributed by atoms with van der Waals surface area (Å²) in [6, 6.07) is 0. The molecular formula is C12H24N2O3S. The van der Waals surface area contributed by atoms with Crippen LogP contribution < -0.4 is 5.32 Å². The van der Waals surface area contributed by atoms with Crippen LogP contribution in [0.3, 0.4) is 0 Å². The minimum atomic E-state index is -2.74. The molecule has 2 aliphatic heterocycles. The van der Waals surface area contributed by atoms with E-state index in [-0.39, 0.29) is 0 Å². The summed E-state index contributed by atoms with van der Waals surface area (Å²) in [5, 5.41) is 3.32. The molecule has 0 spiro atoms. The van der Waals surface area contributed by atoms with E-state index in [1.54, 1.807) is 0 Å². The van der Waals surface area contributed by atoms with Gasteiger partial charge in [-0.3, -0.25) is 0 Å². The first-order chi connectivity index (χ1) is 8.66. The summed E-state index contributed by atoms with van der Waals surface area (Å²) >= 11 is 0. The van der Waals surface area contributed by atoms with Crippen molar-refractivity contribution in [2.45, 2.75) is 25.4 Å². The topological polar surface area (TPSA) is 58.6 Å². The second-order valence-corrected chi connectivity index (χ2v) is 7.47. The van der Waals surface area contributed by atoms with E-state index in [4.69, 9.17) is 4.74 Å². The summed E-state index contributed by atoms with van der Waals surface area (Å²) in [5.41, 5.74) is 0. The molecule has 18 heavy (non-hydrogen) atoms. The molecule has 0 saturated carbocycles. The van der Waals surface area contributed by atoms with Crippen molar-refractivity contribution in [2.75, 3.05) is 50.8 Å². The Morgan fingerprint density at radius 2 is 1.83 bits per heavy atom. The lowest BCUT2D eigenvalue weighted by atomic mass is 10.1. The Balaban J connectivity index is 1.53. The molecule has 2 heterocycles. The first-order valence-corrected chi connectivity index (χ1v) is 8.73. The molecule has 0 aromatic rings. The van der Waals surface area contributed by atoms with E-state index < -0.39 is 9.84 Å². The first kappa shape index (κ1) is 14.2. The maximum atomic E-state index is 11.3. The SMILES string of the molecule is O=S1(=O)CCN(CCCOC2CCNCC2)CC1. The maximum Gasteiger partial charge on any atom is 0.152 e. The average molecular weight is 276 g/mol. The molecule has 0 aromatic carbocycles. The van der Waals surface area contributed by atoms with Gasteiger partial charge in [0.2, 0.25) is 0 Å². The molecule has 2 rings (SSSR count). The normalized spacial score (nSPS) is 26.2. The number of hydrogen-bond acceptors (Lipinski definition) is 5. The van der Waals surface area contributed by atoms with Gasteiger partial charge in [0.25, 0.3) is 0 Å². The van der Waals surface area contributed by atoms with Gasteiger partial charge in [-0.05, 0) is 32.4 Å². The van der Waals surface area contributed by atoms with E-state index >= 15 is 0 Å². The fraction of sp³-hybridized carbons (Fsp3) is 1.00. The highest BCUT2D eigenvalue weighted by Crippen LogP contribution is 2.08. The Morgan fingerprint density at radius 1 is 1.17 bits per heavy atom. The number of nitrogens with one attached hydrogen (secondary N) is 1. The largest absolute Gasteiger partial charge is 0.378 e. The maximum absolute atomic E-state index is 11.3. The molecule has 0 radical (unpaired) electrons. The first-order valence-electron chi connectivity index (χ1n) is 6.91. The predicted molar refractivity (Wildman–Crippen MR) is 71.6 cm³/mol. The van der Waals surface area contributed by atoms with E-state index in [2.05, 4.69) is 10.2 Å². The molecule has 0 aromatic heterocycles. The molecule has 0 bridgehead atoms. The van der Waals surface area contributed by atoms with Crippen LogP contribution in [0.4, 0.5) is 0 Å². The Hall–Kier alpha value is -0.170. The molecule has 0 amide bonds. The zero-order chi connectivity index (χ0) is 12.8. The standard InChI is InChI=1S/C12H24N2O3S/c15-18(16)10-7-14(8-11-18)6-1-9-17-12-2-4-13-5-3-12/h12-13H,1-11H2. The quantitative estimate of drug-likeness (QED) is 0.709. The monoisotopic (exact) mass is 276 g/mol. The van der Waals surface area contributed by atoms with E-state index in [0.29, 0.717) is 30.7 Å². The highest BCUT2D eigenvalue weighted by atomic mass is 32.2. The Morgan fingerprint density at radius 3 is 2.50 bits per heavy atom. The molecular weight excluding hydrogens is 252 g/mol. The predicted octanol–water partition coefficient (Wildman–Crippen LogP) is -0.124. The van der Waals surface area contributed by atoms with Crippen LogP contribution in [0.5, 0.6) is 0 Å². The van der Waals surface area contributed by atoms with E-state index in [1.165, 1.54) is 0 Å². The van der Waals surface area contributed by atoms with Gasteiger partial charge in [-0.1, -0.05) is 0 Å². The van der Waals surface area contributed by atoms with Crippen LogP contribution in [0, 0.1) is 0 Å². The third-order valence-electron chi connectivity index (χ3n) is 3.70. The van der Waals surface area contributed by atoms with Gasteiger partial charge in [-0.15, -0.1) is 0 Å². The zero-order valence-corrected chi connectivity index (χ0v) is 11.8. The molecule has 6 heteroatoms. The minimum absolute atomic E-state index is 0.322. The number of hydrogen-bond donors (Lipinski definition) is 1. The molecule has 5 nitrogen and oxygen atoms in total. The highest BCUT2D eigenvalue weighted by Gasteiger charge is 2.21. The van der Waals surface area contributed by atoms with E-state index in [9.17, 15) is 8.42 Å². The van der Waals surface area contributed by atoms with Crippen molar-refractivity contribution in [3.8, 4) is 0 Å². The summed E-state index contributed by atoms with van der Waals surface area (Å²) in [5.74, 6) is 0.643. The van der Waals surface area contributed by atoms with Gasteiger partial charge in [-0.2, -0.15) is 0 Å². The smallest absolute Gasteiger partial charge is 0.152 e. The Labute approximate surface area is 110 Å². The Bertz CT molecular complexity index is 325. The lowest BCUT2D eigenvalue weighted by Crippen LogP contribution is -2.41. The van der Waals surface area contributed by atoms with Crippen LogP contribution in [-0.2, 0) is 14.6 Å². The van der Waals surface area contributed by atoms with Gasteiger partial charge in [0, 0.05) is 26.2 Å². The summed E-state index contributed by atoms with van der Waals surface area (Å²) in [4.78, 5) is 2.23. The molecule has 2 aliphatic rings. The number of rotatable bonds is 5. The second kappa shape index (κ2) is 6.84. The van der Waals surface area contributed by atoms with E-state index in [0.717, 1.165) is 45.5 Å². The molecule has 106 valence electrons. The molecule has 0 atom stereocenters. The van der Waals surface area contributed by atoms with Gasteiger partial charge < -0.3 is 15.0 Å². The summed E-state index contributed by atoms with van der Waals surface area (Å²) < 4.78 is 28.4. The Kier molecular flexibility index (Phi) is 5.41. The van der Waals surface area contributed by atoms with Crippen LogP contribution in [0.15, 0.2) is 0 Å². The van der Waals surface area contributed by atoms with Crippen LogP contribution in [-0.4, -0.2) is 70.3 Å². The number of ether oxygens (including phenoxy) is 1. The second-order valence-electron chi connectivity index (χ2n) is 5.17. The van der Waals surface area contributed by atoms with Gasteiger partial charge in [-0.25, -0.2) is 8.42 Å². The van der Waals surface area contributed by atoms with Gasteiger partial charge in [0.1, 0.15) is 0 Å². The lowest BCUT2D eigenvalue weighted by Gasteiger charge is -2.27. The fourth-order valence-electron chi connectivity index (χ4n) is 2.47. The summed E-state index contributed by atoms with van der Waals surface area (Å²) in [6.45, 7) is 5.27. The van der Waals surface area contributed by atoms with E-state index in [1.807, 2.05) is 0 Å². The molecule has 0 aliphatic carbocycles. The van der Waals surface area contributed by atoms with Crippen molar-refractivity contribution in [3.63, 3.8) is 0 Å². The van der Waals surface area contributed by atoms with Gasteiger partial charge >= 0.3 is 0 Å². The number of nitrogens with zero attached hydrogens (tertiary/aromatic N) is 1. The van der Waals surface area contributed by atoms with Gasteiger partial charge in [0.15, 0.2) is 9.84 Å². The molecule has 2 fully saturated rings. The van der Waals surface area contributed by atoms with Crippen molar-refractivity contribution in [2.24, 2.45) is 0 Å². The van der Waals surface area contributed by atoms with Crippen molar-refractivity contribution < 1.29 is 13.2 Å². The number of piperidine rings is 1. The van der Waals surface area contributed by atoms with Gasteiger partial charge in [0.05, 0.1) is 17.6 Å². The zero-order valence-electron chi connectivity index (χ0n) is 10.9. The lowest BCUT2D eigenvalue weighted by molar-refractivity contribution is 0.0281. The molecule has 0 unspecified atom stereocenters. The fourth-order valence-corrected chi connectivity index (χ4v) is 3.75. The van der Waals surface area contributed by atoms with Crippen LogP contribution in [0.25, 0.3) is 0 Å². The van der Waals surface area contributed by atoms with Crippen LogP contribution >= 0.6 is 0 Å². The van der Waals surface area contributed by atoms with Crippen molar-refractivity contribution in [1.29, 1.82) is 0 Å². The van der Waals surface area contributed by atoms with Crippen LogP contribution in [0.2, 0.25) is 0 Å². The van der Waals surface area contributed by atoms with Crippen molar-refractivity contribution >= 4 is 9.84 Å². The molecule has 1 N–H and O–H groups in total. The summed E-state index contributed by atoms with van der Waals surface area (Å²) in [6.07, 6.45) is 3.65. The number of sulfone groups is 1. The average Bonchev–Trinajstić information content (AvgIpc) is 2.37. The highest BCUT2D eigenvalue weighted by molar-refractivity contribution is 7.91. The van der Waals surface area contributed by atoms with Crippen molar-refractivity contribution in [3.05, 3.63) is 0 Å². The van der Waals surface area contributed by atoms with Crippen molar-refractivity contribution in [1.82, 2.24) is 10.2 Å². The summed E-state index contributed by atoms with van der Waals surface area (Å²) in [7, 11) is -2.74.